The molecular weight excluding hydrogens is 627 g/mol. The van der Waals surface area contributed by atoms with Crippen molar-refractivity contribution in [3.8, 4) is 11.6 Å². The van der Waals surface area contributed by atoms with Gasteiger partial charge in [0.1, 0.15) is 29.3 Å². The van der Waals surface area contributed by atoms with E-state index in [9.17, 15) is 27.2 Å². The lowest BCUT2D eigenvalue weighted by Crippen LogP contribution is -2.56. The number of hydrogen-bond acceptors (Lipinski definition) is 8. The number of methoxy groups -OCH3 is 1. The maximum absolute atomic E-state index is 14.3. The predicted molar refractivity (Wildman–Crippen MR) is 172 cm³/mol. The van der Waals surface area contributed by atoms with Gasteiger partial charge < -0.3 is 19.7 Å². The second-order valence-corrected chi connectivity index (χ2v) is 15.6. The molecule has 2 aliphatic carbocycles. The molecule has 1 aromatic heterocycles. The van der Waals surface area contributed by atoms with Crippen LogP contribution in [0.3, 0.4) is 0 Å². The number of benzene rings is 1. The molecule has 0 bridgehead atoms. The van der Waals surface area contributed by atoms with E-state index in [0.717, 1.165) is 25.7 Å². The SMILES string of the molecule is CCC1CC(=O)N2CC(Oc3ncc(OC)c4ccc(F)cc34)CC2C(=O)NC2(C(=O)NS(=O)(=O)C3CC3)CC2C=CCCC(C)C1. The van der Waals surface area contributed by atoms with Gasteiger partial charge in [-0.1, -0.05) is 32.4 Å². The Kier molecular flexibility index (Phi) is 9.21. The van der Waals surface area contributed by atoms with Crippen LogP contribution in [0.2, 0.25) is 0 Å². The normalized spacial score (nSPS) is 30.0. The van der Waals surface area contributed by atoms with E-state index in [1.54, 1.807) is 6.07 Å². The summed E-state index contributed by atoms with van der Waals surface area (Å²) >= 11 is 0. The standard InChI is InChI=1S/C34H43FN4O7S/c1-4-21-13-20(2)7-5-6-8-22-17-34(22,33(42)38-47(43,44)25-10-11-25)37-31(41)28-16-24(19-39(28)30(40)14-21)46-32-27-15-23(35)9-12-26(27)29(45-3)18-36-32/h6,8-9,12,15,18,20-22,24-25,28H,4-5,7,10-11,13-14,16-17,19H2,1-3H3,(H,37,41)(H,38,42). The molecule has 3 heterocycles. The van der Waals surface area contributed by atoms with Gasteiger partial charge in [0.15, 0.2) is 0 Å². The van der Waals surface area contributed by atoms with Gasteiger partial charge in [-0.05, 0) is 68.6 Å². The predicted octanol–water partition coefficient (Wildman–Crippen LogP) is 4.01. The Morgan fingerprint density at radius 1 is 1.19 bits per heavy atom. The highest BCUT2D eigenvalue weighted by Crippen LogP contribution is 2.46. The molecule has 6 atom stereocenters. The van der Waals surface area contributed by atoms with Crippen molar-refractivity contribution in [2.24, 2.45) is 17.8 Å². The molecule has 3 amide bonds. The summed E-state index contributed by atoms with van der Waals surface area (Å²) in [6, 6.07) is 3.23. The first-order chi connectivity index (χ1) is 22.4. The average Bonchev–Trinajstić information content (AvgIpc) is 3.96. The summed E-state index contributed by atoms with van der Waals surface area (Å²) in [5.74, 6) is -1.27. The van der Waals surface area contributed by atoms with Crippen molar-refractivity contribution in [2.45, 2.75) is 94.6 Å². The van der Waals surface area contributed by atoms with Crippen LogP contribution in [0.1, 0.15) is 71.6 Å². The van der Waals surface area contributed by atoms with Crippen LogP contribution >= 0.6 is 0 Å². The topological polar surface area (TPSA) is 144 Å². The summed E-state index contributed by atoms with van der Waals surface area (Å²) in [6.07, 6.45) is 9.69. The fourth-order valence-corrected chi connectivity index (χ4v) is 8.40. The molecule has 2 aromatic rings. The van der Waals surface area contributed by atoms with Gasteiger partial charge in [-0.25, -0.2) is 17.8 Å². The Balaban J connectivity index is 1.30. The molecule has 2 N–H and O–H groups in total. The molecule has 3 fully saturated rings. The first-order valence-electron chi connectivity index (χ1n) is 16.6. The summed E-state index contributed by atoms with van der Waals surface area (Å²) in [4.78, 5) is 47.4. The van der Waals surface area contributed by atoms with Crippen LogP contribution in [-0.2, 0) is 24.4 Å². The lowest BCUT2D eigenvalue weighted by molar-refractivity contribution is -0.140. The van der Waals surface area contributed by atoms with E-state index < -0.39 is 50.6 Å². The third kappa shape index (κ3) is 6.95. The lowest BCUT2D eigenvalue weighted by Gasteiger charge is -2.28. The van der Waals surface area contributed by atoms with Gasteiger partial charge in [-0.2, -0.15) is 0 Å². The number of allylic oxidation sites excluding steroid dienone is 1. The van der Waals surface area contributed by atoms with Crippen molar-refractivity contribution in [2.75, 3.05) is 13.7 Å². The van der Waals surface area contributed by atoms with Crippen LogP contribution in [0.5, 0.6) is 11.6 Å². The first-order valence-corrected chi connectivity index (χ1v) is 18.1. The van der Waals surface area contributed by atoms with Crippen molar-refractivity contribution >= 4 is 38.5 Å². The van der Waals surface area contributed by atoms with E-state index in [1.165, 1.54) is 30.3 Å². The van der Waals surface area contributed by atoms with Gasteiger partial charge in [0.2, 0.25) is 27.7 Å². The van der Waals surface area contributed by atoms with Gasteiger partial charge in [-0.3, -0.25) is 19.1 Å². The van der Waals surface area contributed by atoms with E-state index in [-0.39, 0.29) is 49.4 Å². The number of nitrogens with zero attached hydrogens (tertiary/aromatic N) is 2. The van der Waals surface area contributed by atoms with Crippen LogP contribution in [0.15, 0.2) is 36.5 Å². The summed E-state index contributed by atoms with van der Waals surface area (Å²) in [5, 5.41) is 3.28. The quantitative estimate of drug-likeness (QED) is 0.421. The highest BCUT2D eigenvalue weighted by atomic mass is 32.2. The Hall–Kier alpha value is -3.74. The van der Waals surface area contributed by atoms with Crippen LogP contribution in [0, 0.1) is 23.6 Å². The number of fused-ring (bicyclic) bond motifs is 3. The molecule has 1 aromatic carbocycles. The minimum Gasteiger partial charge on any atom is -0.494 e. The molecule has 47 heavy (non-hydrogen) atoms. The highest BCUT2D eigenvalue weighted by Gasteiger charge is 2.62. The summed E-state index contributed by atoms with van der Waals surface area (Å²) in [6.45, 7) is 4.31. The molecule has 4 aliphatic rings. The number of rotatable bonds is 7. The van der Waals surface area contributed by atoms with E-state index >= 15 is 0 Å². The minimum absolute atomic E-state index is 0.0893. The summed E-state index contributed by atoms with van der Waals surface area (Å²) in [5.41, 5.74) is -1.44. The van der Waals surface area contributed by atoms with Crippen LogP contribution in [-0.4, -0.2) is 72.6 Å². The van der Waals surface area contributed by atoms with Gasteiger partial charge >= 0.3 is 0 Å². The molecule has 13 heteroatoms. The molecule has 0 spiro atoms. The van der Waals surface area contributed by atoms with E-state index in [1.807, 2.05) is 12.2 Å². The van der Waals surface area contributed by atoms with Crippen LogP contribution < -0.4 is 19.5 Å². The zero-order valence-electron chi connectivity index (χ0n) is 27.0. The average molecular weight is 671 g/mol. The number of aromatic nitrogens is 1. The zero-order valence-corrected chi connectivity index (χ0v) is 27.9. The number of halogens is 1. The maximum atomic E-state index is 14.3. The molecule has 0 radical (unpaired) electrons. The van der Waals surface area contributed by atoms with E-state index in [4.69, 9.17) is 9.47 Å². The molecule has 1 saturated heterocycles. The van der Waals surface area contributed by atoms with Gasteiger partial charge in [0.05, 0.1) is 30.5 Å². The molecule has 6 rings (SSSR count). The van der Waals surface area contributed by atoms with Crippen LogP contribution in [0.25, 0.3) is 10.8 Å². The third-order valence-electron chi connectivity index (χ3n) is 10.1. The van der Waals surface area contributed by atoms with Gasteiger partial charge in [-0.15, -0.1) is 0 Å². The van der Waals surface area contributed by atoms with Crippen LogP contribution in [0.4, 0.5) is 4.39 Å². The highest BCUT2D eigenvalue weighted by molar-refractivity contribution is 7.91. The molecule has 2 saturated carbocycles. The summed E-state index contributed by atoms with van der Waals surface area (Å²) in [7, 11) is -2.35. The first kappa shape index (κ1) is 33.2. The van der Waals surface area contributed by atoms with Crippen molar-refractivity contribution in [1.29, 1.82) is 0 Å². The second kappa shape index (κ2) is 13.0. The molecule has 11 nitrogen and oxygen atoms in total. The number of carbonyl (C=O) groups excluding carboxylic acids is 3. The number of amides is 3. The van der Waals surface area contributed by atoms with Crippen molar-refractivity contribution < 1.29 is 36.7 Å². The minimum atomic E-state index is -3.84. The number of nitrogens with one attached hydrogen (secondary N) is 2. The van der Waals surface area contributed by atoms with Crippen molar-refractivity contribution in [3.63, 3.8) is 0 Å². The molecular formula is C34H43FN4O7S. The fraction of sp³-hybridized carbons (Fsp3) is 0.588. The zero-order chi connectivity index (χ0) is 33.5. The Bertz CT molecular complexity index is 1700. The smallest absolute Gasteiger partial charge is 0.259 e. The van der Waals surface area contributed by atoms with E-state index in [0.29, 0.717) is 35.3 Å². The number of hydrogen-bond donors (Lipinski definition) is 2. The Morgan fingerprint density at radius 2 is 1.98 bits per heavy atom. The van der Waals surface area contributed by atoms with Crippen molar-refractivity contribution in [1.82, 2.24) is 19.9 Å². The second-order valence-electron chi connectivity index (χ2n) is 13.6. The Morgan fingerprint density at radius 3 is 2.70 bits per heavy atom. The largest absolute Gasteiger partial charge is 0.494 e. The lowest BCUT2D eigenvalue weighted by atomic mass is 9.88. The van der Waals surface area contributed by atoms with Gasteiger partial charge in [0, 0.05) is 24.1 Å². The maximum Gasteiger partial charge on any atom is 0.259 e. The molecule has 6 unspecified atom stereocenters. The number of carbonyl (C=O) groups is 3. The van der Waals surface area contributed by atoms with Gasteiger partial charge in [0.25, 0.3) is 5.91 Å². The number of pyridine rings is 1. The molecule has 2 aliphatic heterocycles. The number of ether oxygens (including phenoxy) is 2. The summed E-state index contributed by atoms with van der Waals surface area (Å²) < 4.78 is 53.6. The molecule has 254 valence electrons. The Labute approximate surface area is 274 Å². The monoisotopic (exact) mass is 670 g/mol. The third-order valence-corrected chi connectivity index (χ3v) is 11.9. The fourth-order valence-electron chi connectivity index (χ4n) is 7.04. The van der Waals surface area contributed by atoms with Crippen molar-refractivity contribution in [3.05, 3.63) is 42.4 Å². The van der Waals surface area contributed by atoms with E-state index in [2.05, 4.69) is 28.9 Å². The number of sulfonamides is 1.